The minimum atomic E-state index is -0.436. The first-order valence-electron chi connectivity index (χ1n) is 3.38. The van der Waals surface area contributed by atoms with Crippen molar-refractivity contribution in [1.82, 2.24) is 0 Å². The molecule has 1 saturated heterocycles. The van der Waals surface area contributed by atoms with Gasteiger partial charge in [-0.15, -0.1) is 5.92 Å². The Morgan fingerprint density at radius 2 is 2.20 bits per heavy atom. The highest BCUT2D eigenvalue weighted by Crippen LogP contribution is 2.21. The van der Waals surface area contributed by atoms with Gasteiger partial charge in [0.25, 0.3) is 0 Å². The maximum Gasteiger partial charge on any atom is 0.164 e. The molecule has 1 fully saturated rings. The van der Waals surface area contributed by atoms with Gasteiger partial charge in [0.15, 0.2) is 5.79 Å². The van der Waals surface area contributed by atoms with Gasteiger partial charge in [-0.05, 0) is 20.8 Å². The van der Waals surface area contributed by atoms with Gasteiger partial charge in [-0.25, -0.2) is 0 Å². The minimum absolute atomic E-state index is 0.0278. The van der Waals surface area contributed by atoms with Gasteiger partial charge in [-0.1, -0.05) is 5.92 Å². The summed E-state index contributed by atoms with van der Waals surface area (Å²) in [4.78, 5) is 0. The molecular weight excluding hydrogens is 128 g/mol. The highest BCUT2D eigenvalue weighted by Gasteiger charge is 2.31. The molecule has 0 aromatic rings. The van der Waals surface area contributed by atoms with Crippen LogP contribution in [0.15, 0.2) is 0 Å². The zero-order valence-corrected chi connectivity index (χ0v) is 6.60. The first-order chi connectivity index (χ1) is 4.64. The van der Waals surface area contributed by atoms with Crippen LogP contribution in [-0.2, 0) is 9.47 Å². The fraction of sp³-hybridized carbons (Fsp3) is 0.750. The van der Waals surface area contributed by atoms with Crippen LogP contribution in [0.5, 0.6) is 0 Å². The van der Waals surface area contributed by atoms with Crippen LogP contribution in [0.1, 0.15) is 20.8 Å². The number of hydrogen-bond acceptors (Lipinski definition) is 2. The lowest BCUT2D eigenvalue weighted by Crippen LogP contribution is -2.20. The van der Waals surface area contributed by atoms with E-state index >= 15 is 0 Å². The molecule has 0 unspecified atom stereocenters. The summed E-state index contributed by atoms with van der Waals surface area (Å²) in [6.07, 6.45) is -0.0278. The summed E-state index contributed by atoms with van der Waals surface area (Å²) in [7, 11) is 0. The van der Waals surface area contributed by atoms with Crippen molar-refractivity contribution in [3.05, 3.63) is 0 Å². The van der Waals surface area contributed by atoms with E-state index in [0.29, 0.717) is 6.61 Å². The Kier molecular flexibility index (Phi) is 1.98. The maximum atomic E-state index is 5.39. The van der Waals surface area contributed by atoms with Crippen molar-refractivity contribution in [2.24, 2.45) is 0 Å². The molecule has 56 valence electrons. The van der Waals surface area contributed by atoms with E-state index in [1.54, 1.807) is 6.92 Å². The number of rotatable bonds is 0. The van der Waals surface area contributed by atoms with Crippen LogP contribution in [0.25, 0.3) is 0 Å². The van der Waals surface area contributed by atoms with Crippen LogP contribution < -0.4 is 0 Å². The second-order valence-electron chi connectivity index (χ2n) is 2.71. The second kappa shape index (κ2) is 2.61. The van der Waals surface area contributed by atoms with E-state index < -0.39 is 5.79 Å². The van der Waals surface area contributed by atoms with E-state index in [1.165, 1.54) is 0 Å². The third-order valence-electron chi connectivity index (χ3n) is 1.31. The van der Waals surface area contributed by atoms with Crippen molar-refractivity contribution in [3.63, 3.8) is 0 Å². The lowest BCUT2D eigenvalue weighted by molar-refractivity contribution is -0.132. The summed E-state index contributed by atoms with van der Waals surface area (Å²) in [6.45, 7) is 6.18. The molecule has 0 amide bonds. The van der Waals surface area contributed by atoms with Gasteiger partial charge in [-0.2, -0.15) is 0 Å². The van der Waals surface area contributed by atoms with Crippen LogP contribution in [0, 0.1) is 11.8 Å². The average Bonchev–Trinajstić information content (AvgIpc) is 2.12. The summed E-state index contributed by atoms with van der Waals surface area (Å²) >= 11 is 0. The smallest absolute Gasteiger partial charge is 0.164 e. The van der Waals surface area contributed by atoms with Crippen molar-refractivity contribution in [2.75, 3.05) is 6.61 Å². The number of hydrogen-bond donors (Lipinski definition) is 0. The molecule has 1 aliphatic rings. The third-order valence-corrected chi connectivity index (χ3v) is 1.31. The van der Waals surface area contributed by atoms with Crippen LogP contribution in [-0.4, -0.2) is 18.5 Å². The molecule has 1 aliphatic heterocycles. The van der Waals surface area contributed by atoms with Gasteiger partial charge in [0.2, 0.25) is 0 Å². The lowest BCUT2D eigenvalue weighted by Gasteiger charge is -2.14. The average molecular weight is 140 g/mol. The van der Waals surface area contributed by atoms with Gasteiger partial charge < -0.3 is 9.47 Å². The highest BCUT2D eigenvalue weighted by molar-refractivity contribution is 5.04. The van der Waals surface area contributed by atoms with E-state index in [-0.39, 0.29) is 6.10 Å². The Hall–Kier alpha value is -0.520. The normalized spacial score (nSPS) is 29.3. The summed E-state index contributed by atoms with van der Waals surface area (Å²) in [5.41, 5.74) is 0. The fourth-order valence-electron chi connectivity index (χ4n) is 0.919. The highest BCUT2D eigenvalue weighted by atomic mass is 16.7. The summed E-state index contributed by atoms with van der Waals surface area (Å²) in [6, 6.07) is 0. The van der Waals surface area contributed by atoms with E-state index in [9.17, 15) is 0 Å². The molecule has 0 aromatic heterocycles. The Morgan fingerprint density at radius 1 is 1.50 bits per heavy atom. The van der Waals surface area contributed by atoms with Crippen molar-refractivity contribution in [2.45, 2.75) is 32.7 Å². The Morgan fingerprint density at radius 3 is 2.60 bits per heavy atom. The molecule has 0 aliphatic carbocycles. The Labute approximate surface area is 61.5 Å². The van der Waals surface area contributed by atoms with Gasteiger partial charge in [-0.3, -0.25) is 0 Å². The molecule has 0 bridgehead atoms. The van der Waals surface area contributed by atoms with Gasteiger partial charge in [0.1, 0.15) is 6.10 Å². The number of ether oxygens (including phenoxy) is 2. The molecule has 0 radical (unpaired) electrons. The van der Waals surface area contributed by atoms with Crippen molar-refractivity contribution < 1.29 is 9.47 Å². The predicted octanol–water partition coefficient (Wildman–Crippen LogP) is 1.16. The molecule has 0 N–H and O–H groups in total. The van der Waals surface area contributed by atoms with Crippen LogP contribution in [0.3, 0.4) is 0 Å². The van der Waals surface area contributed by atoms with E-state index in [0.717, 1.165) is 0 Å². The van der Waals surface area contributed by atoms with E-state index in [4.69, 9.17) is 9.47 Å². The van der Waals surface area contributed by atoms with Gasteiger partial charge >= 0.3 is 0 Å². The summed E-state index contributed by atoms with van der Waals surface area (Å²) in [5.74, 6) is 5.26. The Bertz CT molecular complexity index is 173. The summed E-state index contributed by atoms with van der Waals surface area (Å²) < 4.78 is 10.7. The van der Waals surface area contributed by atoms with Crippen LogP contribution in [0.4, 0.5) is 0 Å². The first-order valence-corrected chi connectivity index (χ1v) is 3.38. The SMILES string of the molecule is CC#C[C@@H]1COC(C)(C)O1. The molecular formula is C8H12O2. The van der Waals surface area contributed by atoms with Crippen molar-refractivity contribution in [1.29, 1.82) is 0 Å². The minimum Gasteiger partial charge on any atom is -0.347 e. The lowest BCUT2D eigenvalue weighted by atomic mass is 10.4. The topological polar surface area (TPSA) is 18.5 Å². The molecule has 10 heavy (non-hydrogen) atoms. The monoisotopic (exact) mass is 140 g/mol. The zero-order valence-electron chi connectivity index (χ0n) is 6.60. The fourth-order valence-corrected chi connectivity index (χ4v) is 0.919. The Balaban J connectivity index is 2.48. The molecule has 2 nitrogen and oxygen atoms in total. The first kappa shape index (κ1) is 7.59. The van der Waals surface area contributed by atoms with Crippen molar-refractivity contribution in [3.8, 4) is 11.8 Å². The van der Waals surface area contributed by atoms with E-state index in [1.807, 2.05) is 13.8 Å². The molecule has 0 spiro atoms. The quantitative estimate of drug-likeness (QED) is 0.470. The molecule has 0 aromatic carbocycles. The van der Waals surface area contributed by atoms with Crippen LogP contribution in [0.2, 0.25) is 0 Å². The molecule has 1 heterocycles. The molecule has 0 saturated carbocycles. The molecule has 1 rings (SSSR count). The zero-order chi connectivity index (χ0) is 7.61. The third kappa shape index (κ3) is 1.73. The van der Waals surface area contributed by atoms with Gasteiger partial charge in [0, 0.05) is 0 Å². The predicted molar refractivity (Wildman–Crippen MR) is 38.4 cm³/mol. The largest absolute Gasteiger partial charge is 0.347 e. The summed E-state index contributed by atoms with van der Waals surface area (Å²) in [5, 5.41) is 0. The molecule has 2 heteroatoms. The maximum absolute atomic E-state index is 5.39. The molecule has 1 atom stereocenters. The van der Waals surface area contributed by atoms with Crippen LogP contribution >= 0.6 is 0 Å². The van der Waals surface area contributed by atoms with Crippen molar-refractivity contribution >= 4 is 0 Å². The second-order valence-corrected chi connectivity index (χ2v) is 2.71. The van der Waals surface area contributed by atoms with E-state index in [2.05, 4.69) is 11.8 Å². The standard InChI is InChI=1S/C8H12O2/c1-4-5-7-6-9-8(2,3)10-7/h7H,6H2,1-3H3/t7-/m1/s1. The van der Waals surface area contributed by atoms with Gasteiger partial charge in [0.05, 0.1) is 6.61 Å².